The van der Waals surface area contributed by atoms with Crippen molar-refractivity contribution >= 4 is 11.9 Å². The third-order valence-electron chi connectivity index (χ3n) is 4.82. The number of carbonyl (C=O) groups excluding carboxylic acids is 1. The van der Waals surface area contributed by atoms with E-state index in [9.17, 15) is 19.8 Å². The molecule has 11 nitrogen and oxygen atoms in total. The minimum atomic E-state index is -1.32. The summed E-state index contributed by atoms with van der Waals surface area (Å²) in [5.41, 5.74) is -0.711. The summed E-state index contributed by atoms with van der Waals surface area (Å²) in [6.45, 7) is 5.12. The Hall–Kier alpha value is -2.49. The predicted molar refractivity (Wildman–Crippen MR) is 100 cm³/mol. The number of anilines is 1. The van der Waals surface area contributed by atoms with Crippen molar-refractivity contribution in [2.24, 2.45) is 0 Å². The Labute approximate surface area is 167 Å². The number of terminal acetylenes is 1. The van der Waals surface area contributed by atoms with Crippen molar-refractivity contribution in [2.45, 2.75) is 31.5 Å². The van der Waals surface area contributed by atoms with Gasteiger partial charge in [-0.2, -0.15) is 4.98 Å². The van der Waals surface area contributed by atoms with Crippen LogP contribution < -0.4 is 11.0 Å². The maximum Gasteiger partial charge on any atom is 0.412 e. The van der Waals surface area contributed by atoms with Crippen LogP contribution in [0.15, 0.2) is 11.0 Å². The quantitative estimate of drug-likeness (QED) is 0.510. The molecule has 2 aliphatic heterocycles. The van der Waals surface area contributed by atoms with Crippen molar-refractivity contribution in [3.8, 4) is 12.3 Å². The number of carbonyl (C=O) groups is 1. The molecule has 2 unspecified atom stereocenters. The Morgan fingerprint density at radius 3 is 2.76 bits per heavy atom. The average molecular weight is 408 g/mol. The molecule has 3 heterocycles. The summed E-state index contributed by atoms with van der Waals surface area (Å²) in [5, 5.41) is 22.3. The van der Waals surface area contributed by atoms with E-state index in [2.05, 4.69) is 21.1 Å². The number of ether oxygens (including phenoxy) is 3. The van der Waals surface area contributed by atoms with Gasteiger partial charge in [0.15, 0.2) is 12.0 Å². The van der Waals surface area contributed by atoms with Crippen molar-refractivity contribution in [2.75, 3.05) is 44.8 Å². The maximum absolute atomic E-state index is 12.4. The zero-order valence-corrected chi connectivity index (χ0v) is 16.0. The lowest BCUT2D eigenvalue weighted by molar-refractivity contribution is -0.0350. The number of aromatic nitrogens is 2. The Kier molecular flexibility index (Phi) is 6.83. The Morgan fingerprint density at radius 2 is 2.14 bits per heavy atom. The summed E-state index contributed by atoms with van der Waals surface area (Å²) < 4.78 is 16.8. The van der Waals surface area contributed by atoms with Gasteiger partial charge in [0.1, 0.15) is 18.8 Å². The molecule has 29 heavy (non-hydrogen) atoms. The molecule has 2 saturated heterocycles. The summed E-state index contributed by atoms with van der Waals surface area (Å²) in [6, 6.07) is 0. The second-order valence-electron chi connectivity index (χ2n) is 6.77. The largest absolute Gasteiger partial charge is 0.448 e. The van der Waals surface area contributed by atoms with Crippen LogP contribution in [0.5, 0.6) is 0 Å². The molecule has 2 aliphatic rings. The lowest BCUT2D eigenvalue weighted by Gasteiger charge is -2.26. The van der Waals surface area contributed by atoms with Gasteiger partial charge in [-0.25, -0.2) is 9.59 Å². The SMILES string of the molecule is C#Cc1cn([C@@H]2O[C@H](C)C(O)C2O)c(=O)nc1NC(=O)OCCN1CCOCC1. The highest BCUT2D eigenvalue weighted by Crippen LogP contribution is 2.28. The highest BCUT2D eigenvalue weighted by molar-refractivity contribution is 5.84. The third-order valence-corrected chi connectivity index (χ3v) is 4.82. The van der Waals surface area contributed by atoms with E-state index >= 15 is 0 Å². The fourth-order valence-electron chi connectivity index (χ4n) is 3.13. The molecule has 1 aromatic rings. The number of aliphatic hydroxyl groups is 2. The molecule has 0 saturated carbocycles. The van der Waals surface area contributed by atoms with Crippen LogP contribution in [0.2, 0.25) is 0 Å². The molecule has 0 bridgehead atoms. The number of amides is 1. The Bertz CT molecular complexity index is 830. The molecule has 0 spiro atoms. The van der Waals surface area contributed by atoms with E-state index in [4.69, 9.17) is 20.6 Å². The average Bonchev–Trinajstić information content (AvgIpc) is 2.96. The fraction of sp³-hybridized carbons (Fsp3) is 0.611. The first-order chi connectivity index (χ1) is 13.9. The van der Waals surface area contributed by atoms with Crippen molar-refractivity contribution in [1.29, 1.82) is 0 Å². The molecular weight excluding hydrogens is 384 g/mol. The normalized spacial score (nSPS) is 27.4. The van der Waals surface area contributed by atoms with E-state index in [1.54, 1.807) is 6.92 Å². The van der Waals surface area contributed by atoms with Crippen LogP contribution in [0.3, 0.4) is 0 Å². The second-order valence-corrected chi connectivity index (χ2v) is 6.77. The number of nitrogens with one attached hydrogen (secondary N) is 1. The lowest BCUT2D eigenvalue weighted by atomic mass is 10.1. The van der Waals surface area contributed by atoms with Crippen molar-refractivity contribution < 1.29 is 29.2 Å². The number of rotatable bonds is 5. The van der Waals surface area contributed by atoms with E-state index in [-0.39, 0.29) is 18.0 Å². The molecule has 1 aromatic heterocycles. The maximum atomic E-state index is 12.4. The second kappa shape index (κ2) is 9.34. The zero-order chi connectivity index (χ0) is 21.0. The first-order valence-electron chi connectivity index (χ1n) is 9.26. The molecule has 0 aliphatic carbocycles. The third kappa shape index (κ3) is 4.92. The minimum Gasteiger partial charge on any atom is -0.448 e. The molecule has 11 heteroatoms. The number of nitrogens with zero attached hydrogens (tertiary/aromatic N) is 3. The molecule has 2 fully saturated rings. The highest BCUT2D eigenvalue weighted by atomic mass is 16.6. The van der Waals surface area contributed by atoms with Gasteiger partial charge in [0.25, 0.3) is 0 Å². The molecule has 158 valence electrons. The van der Waals surface area contributed by atoms with Gasteiger partial charge in [0, 0.05) is 25.8 Å². The van der Waals surface area contributed by atoms with Crippen LogP contribution in [0.1, 0.15) is 18.7 Å². The van der Waals surface area contributed by atoms with Gasteiger partial charge in [0.05, 0.1) is 24.9 Å². The van der Waals surface area contributed by atoms with Gasteiger partial charge in [-0.15, -0.1) is 6.42 Å². The molecule has 3 N–H and O–H groups in total. The standard InChI is InChI=1S/C18H24N4O7/c1-3-12-10-22(16-14(24)13(23)11(2)29-16)17(25)19-15(12)20-18(26)28-9-6-21-4-7-27-8-5-21/h1,10-11,13-14,16,23-24H,4-9H2,2H3,(H,19,20,25,26)/t11-,13?,14?,16-/m1/s1. The van der Waals surface area contributed by atoms with Crippen LogP contribution in [0.25, 0.3) is 0 Å². The van der Waals surface area contributed by atoms with Gasteiger partial charge in [0.2, 0.25) is 0 Å². The summed E-state index contributed by atoms with van der Waals surface area (Å²) in [6.07, 6.45) is 1.62. The van der Waals surface area contributed by atoms with Gasteiger partial charge in [-0.3, -0.25) is 14.8 Å². The van der Waals surface area contributed by atoms with E-state index in [1.165, 1.54) is 6.20 Å². The summed E-state index contributed by atoms with van der Waals surface area (Å²) in [5.74, 6) is 2.19. The first-order valence-corrected chi connectivity index (χ1v) is 9.26. The molecular formula is C18H24N4O7. The van der Waals surface area contributed by atoms with Gasteiger partial charge < -0.3 is 24.4 Å². The number of aliphatic hydroxyl groups excluding tert-OH is 2. The van der Waals surface area contributed by atoms with Gasteiger partial charge >= 0.3 is 11.8 Å². The highest BCUT2D eigenvalue weighted by Gasteiger charge is 2.42. The smallest absolute Gasteiger partial charge is 0.412 e. The van der Waals surface area contributed by atoms with E-state index in [0.29, 0.717) is 19.8 Å². The summed E-state index contributed by atoms with van der Waals surface area (Å²) in [4.78, 5) is 30.2. The van der Waals surface area contributed by atoms with E-state index in [1.807, 2.05) is 0 Å². The molecule has 1 amide bonds. The number of morpholine rings is 1. The lowest BCUT2D eigenvalue weighted by Crippen LogP contribution is -2.38. The Balaban J connectivity index is 1.64. The van der Waals surface area contributed by atoms with Gasteiger partial charge in [-0.05, 0) is 6.92 Å². The van der Waals surface area contributed by atoms with Gasteiger partial charge in [-0.1, -0.05) is 5.92 Å². The summed E-state index contributed by atoms with van der Waals surface area (Å²) in [7, 11) is 0. The first kappa shape index (κ1) is 21.2. The van der Waals surface area contributed by atoms with Crippen LogP contribution >= 0.6 is 0 Å². The number of hydrogen-bond acceptors (Lipinski definition) is 9. The van der Waals surface area contributed by atoms with Crippen LogP contribution in [0, 0.1) is 12.3 Å². The van der Waals surface area contributed by atoms with Crippen molar-refractivity contribution in [3.05, 3.63) is 22.2 Å². The number of hydrogen-bond donors (Lipinski definition) is 3. The molecule has 4 atom stereocenters. The van der Waals surface area contributed by atoms with Crippen LogP contribution in [0.4, 0.5) is 10.6 Å². The molecule has 0 radical (unpaired) electrons. The Morgan fingerprint density at radius 1 is 1.41 bits per heavy atom. The predicted octanol–water partition coefficient (Wildman–Crippen LogP) is -1.26. The monoisotopic (exact) mass is 408 g/mol. The van der Waals surface area contributed by atoms with E-state index in [0.717, 1.165) is 17.7 Å². The zero-order valence-electron chi connectivity index (χ0n) is 16.0. The minimum absolute atomic E-state index is 0.0968. The molecule has 3 rings (SSSR count). The van der Waals surface area contributed by atoms with Crippen molar-refractivity contribution in [3.63, 3.8) is 0 Å². The van der Waals surface area contributed by atoms with Crippen molar-refractivity contribution in [1.82, 2.24) is 14.5 Å². The van der Waals surface area contributed by atoms with E-state index < -0.39 is 36.3 Å². The summed E-state index contributed by atoms with van der Waals surface area (Å²) >= 11 is 0. The van der Waals surface area contributed by atoms with Crippen LogP contribution in [-0.4, -0.2) is 88.5 Å². The fourth-order valence-corrected chi connectivity index (χ4v) is 3.13. The topological polar surface area (TPSA) is 135 Å². The van der Waals surface area contributed by atoms with Crippen LogP contribution in [-0.2, 0) is 14.2 Å². The molecule has 0 aromatic carbocycles.